The van der Waals surface area contributed by atoms with Crippen molar-refractivity contribution in [3.63, 3.8) is 0 Å². The van der Waals surface area contributed by atoms with E-state index in [0.29, 0.717) is 11.4 Å². The summed E-state index contributed by atoms with van der Waals surface area (Å²) in [6.07, 6.45) is -4.43. The van der Waals surface area contributed by atoms with E-state index in [-0.39, 0.29) is 37.7 Å². The zero-order valence-electron chi connectivity index (χ0n) is 17.1. The summed E-state index contributed by atoms with van der Waals surface area (Å²) < 4.78 is 66.4. The molecular weight excluding hydrogens is 447 g/mol. The number of carbonyl (C=O) groups excluding carboxylic acids is 2. The fourth-order valence-electron chi connectivity index (χ4n) is 3.51. The fourth-order valence-corrected chi connectivity index (χ4v) is 5.19. The van der Waals surface area contributed by atoms with E-state index >= 15 is 0 Å². The number of halogens is 3. The van der Waals surface area contributed by atoms with Crippen LogP contribution >= 0.6 is 0 Å². The summed E-state index contributed by atoms with van der Waals surface area (Å²) >= 11 is 0. The molecule has 0 bridgehead atoms. The van der Waals surface area contributed by atoms with Crippen LogP contribution in [0, 0.1) is 5.92 Å². The third kappa shape index (κ3) is 5.46. The highest BCUT2D eigenvalue weighted by atomic mass is 32.2. The molecule has 1 aliphatic heterocycles. The Bertz CT molecular complexity index is 1090. The third-order valence-corrected chi connectivity index (χ3v) is 7.06. The van der Waals surface area contributed by atoms with Gasteiger partial charge in [-0.2, -0.15) is 17.5 Å². The number of carbonyl (C=O) groups is 2. The first-order chi connectivity index (χ1) is 15.0. The van der Waals surface area contributed by atoms with E-state index in [0.717, 1.165) is 22.5 Å². The molecule has 0 atom stereocenters. The number of nitrogens with zero attached hydrogens (tertiary/aromatic N) is 1. The molecule has 1 heterocycles. The Hall–Kier alpha value is -2.92. The van der Waals surface area contributed by atoms with Gasteiger partial charge in [0.1, 0.15) is 0 Å². The normalized spacial score (nSPS) is 15.9. The van der Waals surface area contributed by atoms with Crippen molar-refractivity contribution in [2.24, 2.45) is 5.92 Å². The highest BCUT2D eigenvalue weighted by molar-refractivity contribution is 7.89. The maximum atomic E-state index is 13.3. The number of hydrogen-bond donors (Lipinski definition) is 2. The van der Waals surface area contributed by atoms with E-state index in [1.807, 2.05) is 0 Å². The Balaban J connectivity index is 1.63. The molecule has 0 radical (unpaired) electrons. The molecule has 0 spiro atoms. The van der Waals surface area contributed by atoms with Gasteiger partial charge in [0.05, 0.1) is 10.5 Å². The molecular formula is C21H22F3N3O4S. The Labute approximate surface area is 183 Å². The summed E-state index contributed by atoms with van der Waals surface area (Å²) in [6.45, 7) is 1.26. The van der Waals surface area contributed by atoms with E-state index in [1.165, 1.54) is 13.0 Å². The largest absolute Gasteiger partial charge is 0.417 e. The minimum Gasteiger partial charge on any atom is -0.326 e. The highest BCUT2D eigenvalue weighted by Gasteiger charge is 2.40. The molecule has 0 saturated carbocycles. The second-order valence-corrected chi connectivity index (χ2v) is 9.33. The van der Waals surface area contributed by atoms with Gasteiger partial charge in [0.25, 0.3) is 0 Å². The van der Waals surface area contributed by atoms with Crippen LogP contribution < -0.4 is 10.6 Å². The van der Waals surface area contributed by atoms with Crippen LogP contribution in [-0.4, -0.2) is 37.6 Å². The molecule has 0 aliphatic carbocycles. The van der Waals surface area contributed by atoms with Gasteiger partial charge in [0.2, 0.25) is 21.8 Å². The van der Waals surface area contributed by atoms with Gasteiger partial charge in [-0.3, -0.25) is 9.59 Å². The van der Waals surface area contributed by atoms with Crippen LogP contribution in [0.15, 0.2) is 53.4 Å². The van der Waals surface area contributed by atoms with Crippen molar-refractivity contribution in [2.75, 3.05) is 23.7 Å². The number of piperidine rings is 1. The Kier molecular flexibility index (Phi) is 6.89. The van der Waals surface area contributed by atoms with E-state index < -0.39 is 32.6 Å². The van der Waals surface area contributed by atoms with Crippen LogP contribution in [0.1, 0.15) is 25.3 Å². The van der Waals surface area contributed by atoms with Gasteiger partial charge in [-0.15, -0.1) is 0 Å². The lowest BCUT2D eigenvalue weighted by Gasteiger charge is -2.31. The average molecular weight is 469 g/mol. The van der Waals surface area contributed by atoms with Crippen molar-refractivity contribution in [2.45, 2.75) is 30.8 Å². The third-order valence-electron chi connectivity index (χ3n) is 5.11. The van der Waals surface area contributed by atoms with Crippen LogP contribution in [0.5, 0.6) is 0 Å². The molecule has 2 aromatic carbocycles. The van der Waals surface area contributed by atoms with Crippen LogP contribution in [0.3, 0.4) is 0 Å². The first-order valence-electron chi connectivity index (χ1n) is 9.83. The lowest BCUT2D eigenvalue weighted by atomic mass is 9.97. The van der Waals surface area contributed by atoms with Crippen molar-refractivity contribution in [3.8, 4) is 0 Å². The van der Waals surface area contributed by atoms with Crippen molar-refractivity contribution in [1.29, 1.82) is 0 Å². The van der Waals surface area contributed by atoms with Crippen molar-refractivity contribution in [3.05, 3.63) is 54.1 Å². The van der Waals surface area contributed by atoms with Crippen LogP contribution in [0.25, 0.3) is 0 Å². The van der Waals surface area contributed by atoms with Gasteiger partial charge >= 0.3 is 6.18 Å². The Morgan fingerprint density at radius 2 is 1.47 bits per heavy atom. The molecule has 1 saturated heterocycles. The molecule has 7 nitrogen and oxygen atoms in total. The molecule has 2 N–H and O–H groups in total. The second kappa shape index (κ2) is 9.29. The average Bonchev–Trinajstić information content (AvgIpc) is 2.74. The number of sulfonamides is 1. The number of hydrogen-bond acceptors (Lipinski definition) is 4. The zero-order valence-corrected chi connectivity index (χ0v) is 18.0. The number of amides is 2. The fraction of sp³-hybridized carbons (Fsp3) is 0.333. The monoisotopic (exact) mass is 469 g/mol. The van der Waals surface area contributed by atoms with E-state index in [2.05, 4.69) is 10.6 Å². The molecule has 11 heteroatoms. The molecule has 0 aromatic heterocycles. The first-order valence-corrected chi connectivity index (χ1v) is 11.3. The predicted molar refractivity (Wildman–Crippen MR) is 112 cm³/mol. The first kappa shape index (κ1) is 23.7. The topological polar surface area (TPSA) is 95.6 Å². The number of alkyl halides is 3. The number of nitrogens with one attached hydrogen (secondary N) is 2. The molecule has 172 valence electrons. The van der Waals surface area contributed by atoms with E-state index in [9.17, 15) is 31.2 Å². The number of rotatable bonds is 5. The van der Waals surface area contributed by atoms with E-state index in [4.69, 9.17) is 0 Å². The van der Waals surface area contributed by atoms with Gasteiger partial charge in [-0.1, -0.05) is 12.1 Å². The summed E-state index contributed by atoms with van der Waals surface area (Å²) in [6, 6.07) is 10.6. The quantitative estimate of drug-likeness (QED) is 0.698. The van der Waals surface area contributed by atoms with Crippen molar-refractivity contribution >= 4 is 33.2 Å². The molecule has 2 amide bonds. The Morgan fingerprint density at radius 3 is 2.00 bits per heavy atom. The summed E-state index contributed by atoms with van der Waals surface area (Å²) in [4.78, 5) is 22.8. The highest BCUT2D eigenvalue weighted by Crippen LogP contribution is 2.36. The van der Waals surface area contributed by atoms with Crippen molar-refractivity contribution < 1.29 is 31.2 Å². The zero-order chi connectivity index (χ0) is 23.5. The Morgan fingerprint density at radius 1 is 0.938 bits per heavy atom. The summed E-state index contributed by atoms with van der Waals surface area (Å²) in [5.74, 6) is -0.999. The standard InChI is InChI=1S/C21H22F3N3O4S/c1-14(28)25-16-6-8-17(9-7-16)26-20(29)15-10-12-27(13-11-15)32(30,31)19-5-3-2-4-18(19)21(22,23)24/h2-9,15H,10-13H2,1H3,(H,25,28)(H,26,29). The van der Waals surface area contributed by atoms with Gasteiger partial charge in [-0.05, 0) is 49.2 Å². The van der Waals surface area contributed by atoms with Crippen molar-refractivity contribution in [1.82, 2.24) is 4.31 Å². The molecule has 0 unspecified atom stereocenters. The van der Waals surface area contributed by atoms with E-state index in [1.54, 1.807) is 24.3 Å². The van der Waals surface area contributed by atoms with Crippen LogP contribution in [-0.2, 0) is 25.8 Å². The minimum absolute atomic E-state index is 0.0614. The van der Waals surface area contributed by atoms with Gasteiger partial charge in [0, 0.05) is 37.3 Å². The minimum atomic E-state index is -4.79. The van der Waals surface area contributed by atoms with Gasteiger partial charge < -0.3 is 10.6 Å². The van der Waals surface area contributed by atoms with Crippen LogP contribution in [0.2, 0.25) is 0 Å². The maximum absolute atomic E-state index is 13.3. The molecule has 3 rings (SSSR count). The lowest BCUT2D eigenvalue weighted by Crippen LogP contribution is -2.41. The lowest BCUT2D eigenvalue weighted by molar-refractivity contribution is -0.140. The number of anilines is 2. The summed E-state index contributed by atoms with van der Waals surface area (Å²) in [5, 5.41) is 5.35. The summed E-state index contributed by atoms with van der Waals surface area (Å²) in [7, 11) is -4.35. The second-order valence-electron chi connectivity index (χ2n) is 7.42. The molecule has 1 aliphatic rings. The summed E-state index contributed by atoms with van der Waals surface area (Å²) in [5.41, 5.74) is -0.117. The van der Waals surface area contributed by atoms with Gasteiger partial charge in [-0.25, -0.2) is 8.42 Å². The predicted octanol–water partition coefficient (Wildman–Crippen LogP) is 3.70. The number of benzene rings is 2. The SMILES string of the molecule is CC(=O)Nc1ccc(NC(=O)C2CCN(S(=O)(=O)c3ccccc3C(F)(F)F)CC2)cc1. The van der Waals surface area contributed by atoms with Gasteiger partial charge in [0.15, 0.2) is 0 Å². The molecule has 1 fully saturated rings. The van der Waals surface area contributed by atoms with Crippen LogP contribution in [0.4, 0.5) is 24.5 Å². The smallest absolute Gasteiger partial charge is 0.326 e. The molecule has 32 heavy (non-hydrogen) atoms. The molecule has 2 aromatic rings. The maximum Gasteiger partial charge on any atom is 0.417 e.